The Hall–Kier alpha value is -3.46. The number of carbonyl (C=O) groups excluding carboxylic acids is 1. The molecule has 0 radical (unpaired) electrons. The highest BCUT2D eigenvalue weighted by Gasteiger charge is 2.19. The minimum Gasteiger partial charge on any atom is -0.456 e. The first-order chi connectivity index (χ1) is 15.7. The second-order valence-electron chi connectivity index (χ2n) is 7.94. The average molecular weight is 449 g/mol. The van der Waals surface area contributed by atoms with E-state index in [-0.39, 0.29) is 5.91 Å². The van der Waals surface area contributed by atoms with E-state index in [2.05, 4.69) is 30.8 Å². The van der Waals surface area contributed by atoms with Crippen LogP contribution in [0.25, 0.3) is 11.0 Å². The molecule has 1 saturated carbocycles. The predicted octanol–water partition coefficient (Wildman–Crippen LogP) is 5.51. The van der Waals surface area contributed by atoms with Crippen LogP contribution in [0.4, 0.5) is 10.9 Å². The molecule has 32 heavy (non-hydrogen) atoms. The minimum absolute atomic E-state index is 0.203. The maximum absolute atomic E-state index is 12.5. The normalized spacial score (nSPS) is 14.4. The maximum Gasteiger partial charge on any atom is 0.257 e. The second kappa shape index (κ2) is 8.96. The SMILES string of the molecule is Cc1cnc(NC(=O)c2ccc(Oc3ccnc4[nH]nc(NC5CCCCC5)c34)cc2)s1. The lowest BCUT2D eigenvalue weighted by molar-refractivity contribution is 0.102. The molecule has 0 saturated heterocycles. The molecule has 0 atom stereocenters. The number of carbonyl (C=O) groups is 1. The molecule has 1 aliphatic carbocycles. The van der Waals surface area contributed by atoms with Crippen molar-refractivity contribution >= 4 is 39.2 Å². The number of anilines is 2. The smallest absolute Gasteiger partial charge is 0.257 e. The molecule has 4 aromatic rings. The van der Waals surface area contributed by atoms with Crippen LogP contribution in [0.1, 0.15) is 47.3 Å². The van der Waals surface area contributed by atoms with Crippen molar-refractivity contribution < 1.29 is 9.53 Å². The molecule has 1 aliphatic rings. The van der Waals surface area contributed by atoms with Gasteiger partial charge in [0.1, 0.15) is 16.9 Å². The summed E-state index contributed by atoms with van der Waals surface area (Å²) in [5.41, 5.74) is 1.21. The number of hydrogen-bond donors (Lipinski definition) is 3. The number of pyridine rings is 1. The van der Waals surface area contributed by atoms with Gasteiger partial charge in [-0.2, -0.15) is 5.10 Å². The number of thiazole rings is 1. The van der Waals surface area contributed by atoms with E-state index in [1.807, 2.05) is 13.0 Å². The van der Waals surface area contributed by atoms with E-state index < -0.39 is 0 Å². The lowest BCUT2D eigenvalue weighted by atomic mass is 9.95. The van der Waals surface area contributed by atoms with E-state index in [0.717, 1.165) is 28.9 Å². The Morgan fingerprint density at radius 3 is 2.69 bits per heavy atom. The molecule has 0 aliphatic heterocycles. The van der Waals surface area contributed by atoms with Gasteiger partial charge in [0.25, 0.3) is 5.91 Å². The van der Waals surface area contributed by atoms with Crippen molar-refractivity contribution in [2.75, 3.05) is 10.6 Å². The molecule has 5 rings (SSSR count). The van der Waals surface area contributed by atoms with Crippen LogP contribution in [-0.2, 0) is 0 Å². The van der Waals surface area contributed by atoms with Crippen LogP contribution in [0.15, 0.2) is 42.7 Å². The van der Waals surface area contributed by atoms with Crippen LogP contribution in [0.2, 0.25) is 0 Å². The third kappa shape index (κ3) is 4.43. The Bertz CT molecular complexity index is 1230. The van der Waals surface area contributed by atoms with Crippen molar-refractivity contribution in [3.05, 3.63) is 53.2 Å². The van der Waals surface area contributed by atoms with Crippen LogP contribution in [0.5, 0.6) is 11.5 Å². The molecular formula is C23H24N6O2S. The number of amides is 1. The number of H-pyrrole nitrogens is 1. The highest BCUT2D eigenvalue weighted by atomic mass is 32.1. The van der Waals surface area contributed by atoms with Gasteiger partial charge in [-0.05, 0) is 44.0 Å². The van der Waals surface area contributed by atoms with E-state index in [4.69, 9.17) is 4.74 Å². The number of nitrogens with zero attached hydrogens (tertiary/aromatic N) is 3. The van der Waals surface area contributed by atoms with E-state index >= 15 is 0 Å². The van der Waals surface area contributed by atoms with E-state index in [1.54, 1.807) is 36.7 Å². The summed E-state index contributed by atoms with van der Waals surface area (Å²) in [5.74, 6) is 1.86. The number of fused-ring (bicyclic) bond motifs is 1. The van der Waals surface area contributed by atoms with Crippen LogP contribution < -0.4 is 15.4 Å². The Morgan fingerprint density at radius 2 is 1.94 bits per heavy atom. The molecule has 0 bridgehead atoms. The highest BCUT2D eigenvalue weighted by Crippen LogP contribution is 2.34. The number of ether oxygens (including phenoxy) is 1. The summed E-state index contributed by atoms with van der Waals surface area (Å²) in [7, 11) is 0. The fraction of sp³-hybridized carbons (Fsp3) is 0.304. The van der Waals surface area contributed by atoms with Crippen LogP contribution >= 0.6 is 11.3 Å². The molecule has 8 nitrogen and oxygen atoms in total. The lowest BCUT2D eigenvalue weighted by Gasteiger charge is -2.22. The van der Waals surface area contributed by atoms with Crippen molar-refractivity contribution in [2.24, 2.45) is 0 Å². The summed E-state index contributed by atoms with van der Waals surface area (Å²) in [6, 6.07) is 9.28. The van der Waals surface area contributed by atoms with Gasteiger partial charge in [-0.3, -0.25) is 15.2 Å². The zero-order valence-electron chi connectivity index (χ0n) is 17.7. The monoisotopic (exact) mass is 448 g/mol. The highest BCUT2D eigenvalue weighted by molar-refractivity contribution is 7.15. The summed E-state index contributed by atoms with van der Waals surface area (Å²) >= 11 is 1.44. The number of nitrogens with one attached hydrogen (secondary N) is 3. The molecule has 0 spiro atoms. The first kappa shape index (κ1) is 20.4. The molecule has 1 aromatic carbocycles. The first-order valence-electron chi connectivity index (χ1n) is 10.8. The Kier molecular flexibility index (Phi) is 5.72. The predicted molar refractivity (Wildman–Crippen MR) is 126 cm³/mol. The summed E-state index contributed by atoms with van der Waals surface area (Å²) in [6.07, 6.45) is 9.50. The Balaban J connectivity index is 1.32. The summed E-state index contributed by atoms with van der Waals surface area (Å²) < 4.78 is 6.15. The Labute approximate surface area is 189 Å². The quantitative estimate of drug-likeness (QED) is 0.359. The molecule has 1 amide bonds. The average Bonchev–Trinajstić information content (AvgIpc) is 3.41. The standard InChI is InChI=1S/C23H24N6O2S/c1-14-13-25-23(32-14)27-22(30)15-7-9-17(10-8-15)31-18-11-12-24-20-19(18)21(29-28-20)26-16-5-3-2-4-6-16/h7-13,16H,2-6H2,1H3,(H,25,27,30)(H2,24,26,28,29). The van der Waals surface area contributed by atoms with Crippen molar-refractivity contribution in [1.82, 2.24) is 20.2 Å². The minimum atomic E-state index is -0.203. The topological polar surface area (TPSA) is 105 Å². The van der Waals surface area contributed by atoms with Gasteiger partial charge >= 0.3 is 0 Å². The van der Waals surface area contributed by atoms with Gasteiger partial charge in [-0.25, -0.2) is 9.97 Å². The van der Waals surface area contributed by atoms with Gasteiger partial charge in [-0.15, -0.1) is 11.3 Å². The fourth-order valence-electron chi connectivity index (χ4n) is 3.94. The van der Waals surface area contributed by atoms with Crippen LogP contribution in [-0.4, -0.2) is 32.1 Å². The molecule has 3 heterocycles. The number of hydrogen-bond acceptors (Lipinski definition) is 7. The van der Waals surface area contributed by atoms with Gasteiger partial charge in [0.15, 0.2) is 16.6 Å². The molecule has 9 heteroatoms. The van der Waals surface area contributed by atoms with Crippen molar-refractivity contribution in [1.29, 1.82) is 0 Å². The number of benzene rings is 1. The van der Waals surface area contributed by atoms with Crippen molar-refractivity contribution in [3.8, 4) is 11.5 Å². The van der Waals surface area contributed by atoms with Crippen molar-refractivity contribution in [3.63, 3.8) is 0 Å². The van der Waals surface area contributed by atoms with Gasteiger partial charge in [0.05, 0.1) is 0 Å². The van der Waals surface area contributed by atoms with Gasteiger partial charge in [-0.1, -0.05) is 19.3 Å². The fourth-order valence-corrected chi connectivity index (χ4v) is 4.59. The van der Waals surface area contributed by atoms with Gasteiger partial charge in [0, 0.05) is 34.9 Å². The molecular weight excluding hydrogens is 424 g/mol. The van der Waals surface area contributed by atoms with Crippen LogP contribution in [0, 0.1) is 6.92 Å². The molecule has 1 fully saturated rings. The Morgan fingerprint density at radius 1 is 1.12 bits per heavy atom. The number of aryl methyl sites for hydroxylation is 1. The van der Waals surface area contributed by atoms with Gasteiger partial charge < -0.3 is 10.1 Å². The van der Waals surface area contributed by atoms with E-state index in [9.17, 15) is 4.79 Å². The largest absolute Gasteiger partial charge is 0.456 e. The third-order valence-electron chi connectivity index (χ3n) is 5.56. The number of aromatic amines is 1. The lowest BCUT2D eigenvalue weighted by Crippen LogP contribution is -2.22. The summed E-state index contributed by atoms with van der Waals surface area (Å²) in [6.45, 7) is 1.95. The first-order valence-corrected chi connectivity index (χ1v) is 11.6. The van der Waals surface area contributed by atoms with E-state index in [1.165, 1.54) is 30.6 Å². The zero-order valence-corrected chi connectivity index (χ0v) is 18.5. The molecule has 3 aromatic heterocycles. The zero-order chi connectivity index (χ0) is 21.9. The molecule has 3 N–H and O–H groups in total. The third-order valence-corrected chi connectivity index (χ3v) is 6.38. The van der Waals surface area contributed by atoms with Crippen LogP contribution in [0.3, 0.4) is 0 Å². The molecule has 164 valence electrons. The maximum atomic E-state index is 12.5. The number of rotatable bonds is 6. The molecule has 0 unspecified atom stereocenters. The summed E-state index contributed by atoms with van der Waals surface area (Å²) in [4.78, 5) is 22.0. The van der Waals surface area contributed by atoms with Gasteiger partial charge in [0.2, 0.25) is 0 Å². The van der Waals surface area contributed by atoms with Crippen molar-refractivity contribution in [2.45, 2.75) is 45.1 Å². The summed E-state index contributed by atoms with van der Waals surface area (Å²) in [5, 5.41) is 15.2. The second-order valence-corrected chi connectivity index (χ2v) is 9.18. The number of aromatic nitrogens is 4. The van der Waals surface area contributed by atoms with E-state index in [0.29, 0.717) is 33.9 Å².